The number of hydrogen-bond donors (Lipinski definition) is 3. The van der Waals surface area contributed by atoms with Crippen molar-refractivity contribution in [3.8, 4) is 0 Å². The van der Waals surface area contributed by atoms with Crippen molar-refractivity contribution >= 4 is 31.4 Å². The van der Waals surface area contributed by atoms with E-state index in [4.69, 9.17) is 0 Å². The van der Waals surface area contributed by atoms with Gasteiger partial charge in [0.2, 0.25) is 0 Å². The number of H-pyrrole nitrogens is 1. The molecule has 0 spiro atoms. The average Bonchev–Trinajstić information content (AvgIpc) is 2.08. The fourth-order valence-electron chi connectivity index (χ4n) is 0.451. The molecule has 1 N–H and O–H groups in total. The largest absolute Gasteiger partial charge is 0.285 e. The first-order chi connectivity index (χ1) is 4.11. The van der Waals surface area contributed by atoms with E-state index in [1.54, 1.807) is 6.20 Å². The van der Waals surface area contributed by atoms with Gasteiger partial charge in [-0.3, -0.25) is 5.10 Å². The van der Waals surface area contributed by atoms with Gasteiger partial charge in [0.25, 0.3) is 0 Å². The van der Waals surface area contributed by atoms with Crippen molar-refractivity contribution in [3.63, 3.8) is 0 Å². The molecule has 52 valence electrons. The molecule has 0 saturated heterocycles. The number of nitrogens with zero attached hydrogens (tertiary/aromatic N) is 1. The molecule has 0 aliphatic carbocycles. The number of hydrogen-bond acceptors (Lipinski definition) is 3. The topological polar surface area (TPSA) is 28.7 Å². The van der Waals surface area contributed by atoms with Crippen molar-refractivity contribution in [3.05, 3.63) is 12.4 Å². The van der Waals surface area contributed by atoms with E-state index in [2.05, 4.69) is 33.5 Å². The van der Waals surface area contributed by atoms with Crippen LogP contribution in [0.25, 0.3) is 0 Å². The summed E-state index contributed by atoms with van der Waals surface area (Å²) in [7, 11) is -1.16. The molecule has 9 heavy (non-hydrogen) atoms. The Morgan fingerprint density at radius 2 is 2.33 bits per heavy atom. The average molecular weight is 180 g/mol. The van der Waals surface area contributed by atoms with Crippen LogP contribution in [-0.4, -0.2) is 16.5 Å². The molecule has 0 unspecified atom stereocenters. The van der Waals surface area contributed by atoms with E-state index in [1.165, 1.54) is 0 Å². The molecule has 0 fully saturated rings. The minimum atomic E-state index is -1.16. The summed E-state index contributed by atoms with van der Waals surface area (Å²) in [6.45, 7) is 0. The van der Waals surface area contributed by atoms with Crippen molar-refractivity contribution in [2.24, 2.45) is 0 Å². The molecule has 0 aliphatic heterocycles. The van der Waals surface area contributed by atoms with Crippen LogP contribution in [0.15, 0.2) is 17.3 Å². The van der Waals surface area contributed by atoms with Crippen LogP contribution in [0.3, 0.4) is 0 Å². The minimum Gasteiger partial charge on any atom is -0.285 e. The van der Waals surface area contributed by atoms with Crippen LogP contribution in [0.4, 0.5) is 0 Å². The molecule has 1 aromatic heterocycles. The highest BCUT2D eigenvalue weighted by Gasteiger charge is 2.09. The van der Waals surface area contributed by atoms with Gasteiger partial charge in [0.1, 0.15) is 0 Å². The third-order valence-corrected chi connectivity index (χ3v) is 3.30. The molecule has 5 heteroatoms. The predicted octanol–water partition coefficient (Wildman–Crippen LogP) is 1.89. The molecule has 1 aromatic rings. The second-order valence-electron chi connectivity index (χ2n) is 1.77. The van der Waals surface area contributed by atoms with Crippen LogP contribution in [0.1, 0.15) is 0 Å². The Balaban J connectivity index is 2.90. The van der Waals surface area contributed by atoms with Crippen LogP contribution in [-0.2, 0) is 0 Å². The van der Waals surface area contributed by atoms with Crippen molar-refractivity contribution in [1.82, 2.24) is 10.2 Å². The number of aromatic nitrogens is 2. The van der Waals surface area contributed by atoms with Gasteiger partial charge in [0, 0.05) is 11.1 Å². The van der Waals surface area contributed by atoms with Gasteiger partial charge in [-0.2, -0.15) is 5.10 Å². The van der Waals surface area contributed by atoms with E-state index in [9.17, 15) is 0 Å². The summed E-state index contributed by atoms with van der Waals surface area (Å²) >= 11 is 8.60. The third-order valence-electron chi connectivity index (χ3n) is 0.920. The summed E-state index contributed by atoms with van der Waals surface area (Å²) in [5.74, 6) is 0. The number of thiol groups is 2. The lowest BCUT2D eigenvalue weighted by Gasteiger charge is -2.19. The molecule has 0 radical (unpaired) electrons. The Labute approximate surface area is 65.4 Å². The van der Waals surface area contributed by atoms with E-state index >= 15 is 0 Å². The van der Waals surface area contributed by atoms with Crippen LogP contribution in [0.5, 0.6) is 0 Å². The van der Waals surface area contributed by atoms with Gasteiger partial charge in [-0.25, -0.2) is 0 Å². The number of rotatable bonds is 1. The molecular formula is C4H8N2S3. The molecule has 0 saturated carbocycles. The fraction of sp³-hybridized carbons (Fsp3) is 0.250. The molecule has 0 bridgehead atoms. The van der Waals surface area contributed by atoms with Gasteiger partial charge in [0.15, 0.2) is 0 Å². The first-order valence-electron chi connectivity index (χ1n) is 2.33. The van der Waals surface area contributed by atoms with Gasteiger partial charge in [-0.05, 0) is 6.26 Å². The second-order valence-corrected chi connectivity index (χ2v) is 9.15. The maximum absolute atomic E-state index is 4.30. The molecule has 2 nitrogen and oxygen atoms in total. The Morgan fingerprint density at radius 3 is 2.56 bits per heavy atom. The smallest absolute Gasteiger partial charge is 0.0623 e. The lowest BCUT2D eigenvalue weighted by molar-refractivity contribution is 1.09. The molecule has 0 amide bonds. The summed E-state index contributed by atoms with van der Waals surface area (Å²) in [5.41, 5.74) is 0. The molecular weight excluding hydrogens is 172 g/mol. The zero-order valence-corrected chi connectivity index (χ0v) is 7.51. The summed E-state index contributed by atoms with van der Waals surface area (Å²) in [6.07, 6.45) is 5.54. The zero-order chi connectivity index (χ0) is 6.91. The van der Waals surface area contributed by atoms with E-state index in [-0.39, 0.29) is 0 Å². The van der Waals surface area contributed by atoms with Gasteiger partial charge in [0.05, 0.1) is 6.20 Å². The molecule has 0 atom stereocenters. The van der Waals surface area contributed by atoms with Gasteiger partial charge in [-0.1, -0.05) is 0 Å². The van der Waals surface area contributed by atoms with Crippen LogP contribution >= 0.6 is 31.4 Å². The van der Waals surface area contributed by atoms with E-state index in [1.807, 2.05) is 12.5 Å². The molecule has 1 heterocycles. The Morgan fingerprint density at radius 1 is 1.67 bits per heavy atom. The van der Waals surface area contributed by atoms with E-state index in [0.29, 0.717) is 0 Å². The monoisotopic (exact) mass is 180 g/mol. The van der Waals surface area contributed by atoms with Crippen LogP contribution in [0, 0.1) is 0 Å². The summed E-state index contributed by atoms with van der Waals surface area (Å²) < 4.78 is 0. The van der Waals surface area contributed by atoms with E-state index in [0.717, 1.165) is 4.90 Å². The van der Waals surface area contributed by atoms with Gasteiger partial charge in [-0.15, -0.1) is 31.4 Å². The van der Waals surface area contributed by atoms with E-state index < -0.39 is 8.09 Å². The Kier molecular flexibility index (Phi) is 2.03. The first kappa shape index (κ1) is 7.37. The van der Waals surface area contributed by atoms with Gasteiger partial charge >= 0.3 is 0 Å². The van der Waals surface area contributed by atoms with Gasteiger partial charge < -0.3 is 0 Å². The highest BCUT2D eigenvalue weighted by atomic mass is 33.5. The standard InChI is InChI=1S/C4H8N2S3/c1-9(7,8)4-2-5-6-3-4/h2-3,7-8H,1H3,(H,5,6). The second kappa shape index (κ2) is 2.48. The maximum atomic E-state index is 4.30. The SMILES string of the molecule is CS(S)(S)c1cn[nH]c1. The van der Waals surface area contributed by atoms with Crippen molar-refractivity contribution in [2.75, 3.05) is 6.26 Å². The van der Waals surface area contributed by atoms with Crippen molar-refractivity contribution in [1.29, 1.82) is 0 Å². The number of aromatic amines is 1. The van der Waals surface area contributed by atoms with Crippen molar-refractivity contribution in [2.45, 2.75) is 4.90 Å². The minimum absolute atomic E-state index is 1.06. The first-order valence-corrected chi connectivity index (χ1v) is 6.47. The Hall–Kier alpha value is 0.260. The summed E-state index contributed by atoms with van der Waals surface area (Å²) in [6, 6.07) is 0. The highest BCUT2D eigenvalue weighted by molar-refractivity contribution is 9.17. The fourth-order valence-corrected chi connectivity index (χ4v) is 1.58. The maximum Gasteiger partial charge on any atom is 0.0623 e. The van der Waals surface area contributed by atoms with Crippen LogP contribution in [0.2, 0.25) is 0 Å². The number of nitrogens with one attached hydrogen (secondary N) is 1. The Bertz CT molecular complexity index is 176. The lowest BCUT2D eigenvalue weighted by atomic mass is 10.7. The quantitative estimate of drug-likeness (QED) is 0.447. The summed E-state index contributed by atoms with van der Waals surface area (Å²) in [4.78, 5) is 1.06. The third kappa shape index (κ3) is 1.84. The molecule has 1 rings (SSSR count). The normalized spacial score (nSPS) is 13.7. The highest BCUT2D eigenvalue weighted by Crippen LogP contribution is 2.60. The van der Waals surface area contributed by atoms with Crippen molar-refractivity contribution < 1.29 is 0 Å². The lowest BCUT2D eigenvalue weighted by Crippen LogP contribution is -1.74. The predicted molar refractivity (Wildman–Crippen MR) is 48.3 cm³/mol. The zero-order valence-electron chi connectivity index (χ0n) is 4.90. The summed E-state index contributed by atoms with van der Waals surface area (Å²) in [5, 5.41) is 6.50. The molecule has 0 aliphatic rings. The van der Waals surface area contributed by atoms with Crippen LogP contribution < -0.4 is 0 Å². The molecule has 0 aromatic carbocycles.